The van der Waals surface area contributed by atoms with E-state index in [2.05, 4.69) is 20.0 Å². The highest BCUT2D eigenvalue weighted by molar-refractivity contribution is 5.75. The van der Waals surface area contributed by atoms with Crippen LogP contribution in [0, 0.1) is 13.8 Å². The van der Waals surface area contributed by atoms with Crippen LogP contribution in [0.25, 0.3) is 22.6 Å². The van der Waals surface area contributed by atoms with Crippen molar-refractivity contribution in [2.45, 2.75) is 13.8 Å². The van der Waals surface area contributed by atoms with Gasteiger partial charge >= 0.3 is 0 Å². The molecule has 0 aliphatic rings. The molecule has 2 rings (SSSR count). The molecule has 5 heteroatoms. The van der Waals surface area contributed by atoms with Crippen LogP contribution in [0.5, 0.6) is 0 Å². The molecule has 94 valence electrons. The molecule has 5 nitrogen and oxygen atoms in total. The first-order chi connectivity index (χ1) is 9.20. The molecule has 1 aromatic heterocycles. The van der Waals surface area contributed by atoms with Crippen molar-refractivity contribution < 1.29 is 0 Å². The summed E-state index contributed by atoms with van der Waals surface area (Å²) in [6, 6.07) is 9.88. The summed E-state index contributed by atoms with van der Waals surface area (Å²) < 4.78 is 0. The lowest BCUT2D eigenvalue weighted by atomic mass is 10.1. The van der Waals surface area contributed by atoms with Gasteiger partial charge in [-0.05, 0) is 30.1 Å². The highest BCUT2D eigenvalue weighted by Crippen LogP contribution is 2.22. The minimum absolute atomic E-state index is 0.361. The number of hydrogen-bond donors (Lipinski definition) is 0. The molecule has 0 saturated heterocycles. The molecule has 0 N–H and O–H groups in total. The molecular weight excluding hydrogens is 238 g/mol. The van der Waals surface area contributed by atoms with Crippen LogP contribution in [0.4, 0.5) is 5.82 Å². The van der Waals surface area contributed by atoms with Crippen LogP contribution in [-0.2, 0) is 0 Å². The van der Waals surface area contributed by atoms with Crippen molar-refractivity contribution in [3.8, 4) is 0 Å². The first-order valence-electron chi connectivity index (χ1n) is 5.84. The molecule has 0 aliphatic carbocycles. The second-order valence-electron chi connectivity index (χ2n) is 4.03. The highest BCUT2D eigenvalue weighted by atomic mass is 15.2. The summed E-state index contributed by atoms with van der Waals surface area (Å²) in [5.74, 6) is 0.955. The Morgan fingerprint density at radius 1 is 1.11 bits per heavy atom. The Hall–Kier alpha value is -2.65. The van der Waals surface area contributed by atoms with Crippen LogP contribution in [0.1, 0.15) is 22.6 Å². The van der Waals surface area contributed by atoms with E-state index >= 15 is 0 Å². The van der Waals surface area contributed by atoms with Crippen LogP contribution < -0.4 is 0 Å². The number of nitrogens with zero attached hydrogens (tertiary/aromatic N) is 5. The minimum Gasteiger partial charge on any atom is -0.238 e. The van der Waals surface area contributed by atoms with E-state index in [4.69, 9.17) is 5.53 Å². The number of aryl methyl sites for hydroxylation is 2. The number of aromatic nitrogens is 2. The van der Waals surface area contributed by atoms with E-state index in [9.17, 15) is 0 Å². The number of benzene rings is 1. The first-order valence-corrected chi connectivity index (χ1v) is 5.84. The number of hydrogen-bond acceptors (Lipinski definition) is 3. The molecule has 1 aromatic carbocycles. The fourth-order valence-electron chi connectivity index (χ4n) is 1.76. The molecule has 0 unspecified atom stereocenters. The van der Waals surface area contributed by atoms with Crippen LogP contribution in [0.15, 0.2) is 35.4 Å². The predicted molar refractivity (Wildman–Crippen MR) is 75.7 cm³/mol. The van der Waals surface area contributed by atoms with Gasteiger partial charge in [0.05, 0.1) is 0 Å². The van der Waals surface area contributed by atoms with Crippen molar-refractivity contribution in [2.75, 3.05) is 0 Å². The Bertz CT molecular complexity index is 655. The maximum atomic E-state index is 8.59. The van der Waals surface area contributed by atoms with E-state index in [1.54, 1.807) is 6.92 Å². The molecule has 0 fully saturated rings. The maximum absolute atomic E-state index is 8.59. The molecule has 0 radical (unpaired) electrons. The van der Waals surface area contributed by atoms with Crippen molar-refractivity contribution in [3.05, 3.63) is 63.4 Å². The monoisotopic (exact) mass is 251 g/mol. The van der Waals surface area contributed by atoms with Crippen LogP contribution >= 0.6 is 0 Å². The molecule has 2 aromatic rings. The second kappa shape index (κ2) is 5.80. The Morgan fingerprint density at radius 3 is 2.53 bits per heavy atom. The molecule has 0 amide bonds. The summed E-state index contributed by atoms with van der Waals surface area (Å²) in [7, 11) is 0. The van der Waals surface area contributed by atoms with Gasteiger partial charge in [-0.3, -0.25) is 0 Å². The average molecular weight is 251 g/mol. The third-order valence-electron chi connectivity index (χ3n) is 2.61. The molecular formula is C14H13N5. The number of azide groups is 1. The van der Waals surface area contributed by atoms with Crippen molar-refractivity contribution in [1.82, 2.24) is 9.97 Å². The molecule has 19 heavy (non-hydrogen) atoms. The van der Waals surface area contributed by atoms with Crippen molar-refractivity contribution in [2.24, 2.45) is 5.11 Å². The zero-order chi connectivity index (χ0) is 13.7. The Kier molecular flexibility index (Phi) is 3.90. The van der Waals surface area contributed by atoms with E-state index in [0.29, 0.717) is 11.6 Å². The van der Waals surface area contributed by atoms with E-state index in [1.807, 2.05) is 49.4 Å². The minimum atomic E-state index is 0.361. The van der Waals surface area contributed by atoms with Crippen molar-refractivity contribution >= 4 is 18.0 Å². The normalized spacial score (nSPS) is 10.4. The lowest BCUT2D eigenvalue weighted by molar-refractivity contribution is 0.998. The molecule has 1 heterocycles. The average Bonchev–Trinajstić information content (AvgIpc) is 2.39. The van der Waals surface area contributed by atoms with Gasteiger partial charge in [-0.15, -0.1) is 0 Å². The zero-order valence-corrected chi connectivity index (χ0v) is 10.8. The lowest BCUT2D eigenvalue weighted by Crippen LogP contribution is -1.94. The second-order valence-corrected chi connectivity index (χ2v) is 4.03. The summed E-state index contributed by atoms with van der Waals surface area (Å²) in [4.78, 5) is 11.2. The van der Waals surface area contributed by atoms with Gasteiger partial charge in [-0.1, -0.05) is 42.5 Å². The molecule has 0 spiro atoms. The third kappa shape index (κ3) is 3.18. The SMILES string of the molecule is Cc1nc(C)c(/C=C/c2ccccc2)c(N=[N+]=[N-])n1. The van der Waals surface area contributed by atoms with E-state index in [1.165, 1.54) is 0 Å². The Morgan fingerprint density at radius 2 is 1.84 bits per heavy atom. The topological polar surface area (TPSA) is 74.5 Å². The molecule has 0 atom stereocenters. The van der Waals surface area contributed by atoms with E-state index < -0.39 is 0 Å². The van der Waals surface area contributed by atoms with Crippen molar-refractivity contribution in [1.29, 1.82) is 0 Å². The Balaban J connectivity index is 2.45. The van der Waals surface area contributed by atoms with Gasteiger partial charge in [-0.25, -0.2) is 9.97 Å². The first kappa shape index (κ1) is 12.8. The van der Waals surface area contributed by atoms with Crippen molar-refractivity contribution in [3.63, 3.8) is 0 Å². The summed E-state index contributed by atoms with van der Waals surface area (Å²) in [6.07, 6.45) is 3.81. The van der Waals surface area contributed by atoms with Gasteiger partial charge in [0.25, 0.3) is 0 Å². The standard InChI is InChI=1S/C14H13N5/c1-10-13(9-8-12-6-4-3-5-7-12)14(18-19-15)17-11(2)16-10/h3-9H,1-2H3/b9-8+. The van der Waals surface area contributed by atoms with Crippen LogP contribution in [-0.4, -0.2) is 9.97 Å². The van der Waals surface area contributed by atoms with Crippen LogP contribution in [0.3, 0.4) is 0 Å². The number of rotatable bonds is 3. The summed E-state index contributed by atoms with van der Waals surface area (Å²) in [5.41, 5.74) is 11.2. The summed E-state index contributed by atoms with van der Waals surface area (Å²) in [5, 5.41) is 3.62. The van der Waals surface area contributed by atoms with Gasteiger partial charge in [0, 0.05) is 16.2 Å². The highest BCUT2D eigenvalue weighted by Gasteiger charge is 2.05. The van der Waals surface area contributed by atoms with Crippen LogP contribution in [0.2, 0.25) is 0 Å². The zero-order valence-electron chi connectivity index (χ0n) is 10.8. The van der Waals surface area contributed by atoms with E-state index in [0.717, 1.165) is 16.8 Å². The quantitative estimate of drug-likeness (QED) is 0.465. The van der Waals surface area contributed by atoms with Gasteiger partial charge in [0.2, 0.25) is 0 Å². The Labute approximate surface area is 111 Å². The van der Waals surface area contributed by atoms with Gasteiger partial charge in [-0.2, -0.15) is 0 Å². The molecule has 0 aliphatic heterocycles. The summed E-state index contributed by atoms with van der Waals surface area (Å²) in [6.45, 7) is 3.64. The van der Waals surface area contributed by atoms with Gasteiger partial charge < -0.3 is 0 Å². The van der Waals surface area contributed by atoms with E-state index in [-0.39, 0.29) is 0 Å². The van der Waals surface area contributed by atoms with Gasteiger partial charge in [0.15, 0.2) is 0 Å². The fraction of sp³-hybridized carbons (Fsp3) is 0.143. The summed E-state index contributed by atoms with van der Waals surface area (Å²) >= 11 is 0. The molecule has 0 saturated carbocycles. The lowest BCUT2D eigenvalue weighted by Gasteiger charge is -2.04. The molecule has 0 bridgehead atoms. The van der Waals surface area contributed by atoms with Gasteiger partial charge in [0.1, 0.15) is 11.6 Å². The predicted octanol–water partition coefficient (Wildman–Crippen LogP) is 4.21. The third-order valence-corrected chi connectivity index (χ3v) is 2.61. The maximum Gasteiger partial charge on any atom is 0.137 e. The largest absolute Gasteiger partial charge is 0.238 e. The fourth-order valence-corrected chi connectivity index (χ4v) is 1.76. The smallest absolute Gasteiger partial charge is 0.137 e.